The number of aryl methyl sites for hydroxylation is 2. The molecule has 6 heteroatoms. The first-order valence-electron chi connectivity index (χ1n) is 9.84. The molecular weight excluding hydrogens is 364 g/mol. The zero-order valence-electron chi connectivity index (χ0n) is 16.2. The second kappa shape index (κ2) is 6.81. The third-order valence-corrected chi connectivity index (χ3v) is 5.63. The minimum atomic E-state index is -0.0802. The molecule has 1 aromatic carbocycles. The van der Waals surface area contributed by atoms with Gasteiger partial charge >= 0.3 is 0 Å². The molecule has 0 aliphatic carbocycles. The lowest BCUT2D eigenvalue weighted by Gasteiger charge is -2.24. The van der Waals surface area contributed by atoms with Crippen molar-refractivity contribution >= 4 is 28.3 Å². The van der Waals surface area contributed by atoms with Gasteiger partial charge in [-0.2, -0.15) is 0 Å². The number of nitrogens with zero attached hydrogens (tertiary/aromatic N) is 4. The first-order chi connectivity index (χ1) is 14.1. The van der Waals surface area contributed by atoms with Crippen molar-refractivity contribution in [2.24, 2.45) is 7.05 Å². The Balaban J connectivity index is 1.64. The minimum Gasteiger partial charge on any atom is -0.508 e. The van der Waals surface area contributed by atoms with E-state index >= 15 is 0 Å². The zero-order valence-corrected chi connectivity index (χ0v) is 16.2. The summed E-state index contributed by atoms with van der Waals surface area (Å²) >= 11 is 0. The highest BCUT2D eigenvalue weighted by Crippen LogP contribution is 2.32. The Kier molecular flexibility index (Phi) is 4.12. The smallest absolute Gasteiger partial charge is 0.264 e. The number of aromatic nitrogens is 3. The van der Waals surface area contributed by atoms with Crippen molar-refractivity contribution in [3.8, 4) is 5.75 Å². The summed E-state index contributed by atoms with van der Waals surface area (Å²) in [5.41, 5.74) is 4.09. The van der Waals surface area contributed by atoms with E-state index in [9.17, 15) is 9.90 Å². The van der Waals surface area contributed by atoms with Gasteiger partial charge in [0.05, 0.1) is 17.4 Å². The SMILES string of the molecule is Cn1ccc2cc(N(C(=O)c3ccn4c3CCCC4)c3ccc(O)cc3)cnc21. The molecule has 0 atom stereocenters. The maximum atomic E-state index is 13.7. The van der Waals surface area contributed by atoms with Gasteiger partial charge in [-0.05, 0) is 61.7 Å². The van der Waals surface area contributed by atoms with Gasteiger partial charge in [-0.25, -0.2) is 4.98 Å². The monoisotopic (exact) mass is 386 g/mol. The van der Waals surface area contributed by atoms with Gasteiger partial charge in [-0.1, -0.05) is 0 Å². The van der Waals surface area contributed by atoms with Gasteiger partial charge in [0.25, 0.3) is 5.91 Å². The van der Waals surface area contributed by atoms with Crippen LogP contribution < -0.4 is 4.90 Å². The summed E-state index contributed by atoms with van der Waals surface area (Å²) in [7, 11) is 1.95. The Labute approximate surface area is 168 Å². The Morgan fingerprint density at radius 3 is 2.72 bits per heavy atom. The van der Waals surface area contributed by atoms with Gasteiger partial charge in [0.2, 0.25) is 0 Å². The molecule has 0 radical (unpaired) electrons. The van der Waals surface area contributed by atoms with Crippen LogP contribution in [0.25, 0.3) is 11.0 Å². The first kappa shape index (κ1) is 17.6. The highest BCUT2D eigenvalue weighted by atomic mass is 16.3. The summed E-state index contributed by atoms with van der Waals surface area (Å²) in [5.74, 6) is 0.0856. The van der Waals surface area contributed by atoms with Crippen molar-refractivity contribution < 1.29 is 9.90 Å². The highest BCUT2D eigenvalue weighted by Gasteiger charge is 2.26. The van der Waals surface area contributed by atoms with Gasteiger partial charge in [-0.3, -0.25) is 9.69 Å². The molecule has 0 saturated carbocycles. The molecule has 3 aromatic heterocycles. The lowest BCUT2D eigenvalue weighted by Crippen LogP contribution is -2.27. The molecule has 1 amide bonds. The molecule has 0 saturated heterocycles. The van der Waals surface area contributed by atoms with Crippen LogP contribution in [-0.4, -0.2) is 25.1 Å². The number of hydrogen-bond donors (Lipinski definition) is 1. The standard InChI is InChI=1S/C23H22N4O2/c1-25-12-9-16-14-18(15-24-22(16)25)27(17-5-7-19(28)8-6-17)23(29)20-10-13-26-11-3-2-4-21(20)26/h5-10,12-15,28H,2-4,11H2,1H3. The molecule has 5 rings (SSSR count). The van der Waals surface area contributed by atoms with Crippen LogP contribution in [0.1, 0.15) is 28.9 Å². The number of pyridine rings is 1. The number of hydrogen-bond acceptors (Lipinski definition) is 3. The molecule has 0 bridgehead atoms. The largest absolute Gasteiger partial charge is 0.508 e. The lowest BCUT2D eigenvalue weighted by atomic mass is 10.1. The van der Waals surface area contributed by atoms with Crippen LogP contribution in [0.3, 0.4) is 0 Å². The van der Waals surface area contributed by atoms with Crippen molar-refractivity contribution in [2.75, 3.05) is 4.90 Å². The molecule has 1 aliphatic heterocycles. The van der Waals surface area contributed by atoms with Crippen molar-refractivity contribution in [1.82, 2.24) is 14.1 Å². The number of benzene rings is 1. The Bertz CT molecular complexity index is 1200. The number of rotatable bonds is 3. The van der Waals surface area contributed by atoms with Crippen LogP contribution in [-0.2, 0) is 20.0 Å². The third-order valence-electron chi connectivity index (χ3n) is 5.63. The zero-order chi connectivity index (χ0) is 20.0. The fourth-order valence-corrected chi connectivity index (χ4v) is 4.13. The topological polar surface area (TPSA) is 63.3 Å². The molecule has 4 heterocycles. The van der Waals surface area contributed by atoms with E-state index in [0.717, 1.165) is 48.1 Å². The average molecular weight is 386 g/mol. The number of carbonyl (C=O) groups is 1. The van der Waals surface area contributed by atoms with E-state index in [2.05, 4.69) is 9.55 Å². The van der Waals surface area contributed by atoms with E-state index in [0.29, 0.717) is 11.4 Å². The van der Waals surface area contributed by atoms with Gasteiger partial charge < -0.3 is 14.2 Å². The van der Waals surface area contributed by atoms with Gasteiger partial charge in [0, 0.05) is 42.8 Å². The minimum absolute atomic E-state index is 0.0802. The van der Waals surface area contributed by atoms with Gasteiger partial charge in [0.1, 0.15) is 11.4 Å². The molecule has 29 heavy (non-hydrogen) atoms. The number of phenols is 1. The predicted molar refractivity (Wildman–Crippen MR) is 113 cm³/mol. The second-order valence-corrected chi connectivity index (χ2v) is 7.52. The summed E-state index contributed by atoms with van der Waals surface area (Å²) < 4.78 is 4.14. The third kappa shape index (κ3) is 2.97. The maximum Gasteiger partial charge on any atom is 0.264 e. The van der Waals surface area contributed by atoms with Crippen LogP contribution in [0.5, 0.6) is 5.75 Å². The van der Waals surface area contributed by atoms with Crippen LogP contribution >= 0.6 is 0 Å². The molecule has 146 valence electrons. The van der Waals surface area contributed by atoms with Crippen molar-refractivity contribution in [2.45, 2.75) is 25.8 Å². The number of anilines is 2. The molecule has 6 nitrogen and oxygen atoms in total. The molecule has 1 aliphatic rings. The molecule has 0 unspecified atom stereocenters. The van der Waals surface area contributed by atoms with Crippen LogP contribution in [0.4, 0.5) is 11.4 Å². The van der Waals surface area contributed by atoms with E-state index in [1.54, 1.807) is 35.4 Å². The molecule has 1 N–H and O–H groups in total. The fraction of sp³-hybridized carbons (Fsp3) is 0.217. The van der Waals surface area contributed by atoms with Gasteiger partial charge in [0.15, 0.2) is 0 Å². The average Bonchev–Trinajstić information content (AvgIpc) is 3.33. The number of aromatic hydroxyl groups is 1. The van der Waals surface area contributed by atoms with Gasteiger partial charge in [-0.15, -0.1) is 0 Å². The number of carbonyl (C=O) groups excluding carboxylic acids is 1. The van der Waals surface area contributed by atoms with E-state index in [1.807, 2.05) is 42.2 Å². The van der Waals surface area contributed by atoms with Crippen LogP contribution in [0.2, 0.25) is 0 Å². The summed E-state index contributed by atoms with van der Waals surface area (Å²) in [4.78, 5) is 20.0. The van der Waals surface area contributed by atoms with E-state index < -0.39 is 0 Å². The highest BCUT2D eigenvalue weighted by molar-refractivity contribution is 6.12. The fourth-order valence-electron chi connectivity index (χ4n) is 4.13. The predicted octanol–water partition coefficient (Wildman–Crippen LogP) is 4.40. The Hall–Kier alpha value is -3.54. The lowest BCUT2D eigenvalue weighted by molar-refractivity contribution is 0.0998. The normalized spacial score (nSPS) is 13.4. The molecule has 4 aromatic rings. The van der Waals surface area contributed by atoms with E-state index in [4.69, 9.17) is 0 Å². The molecular formula is C23H22N4O2. The molecule has 0 fully saturated rings. The summed E-state index contributed by atoms with van der Waals surface area (Å²) in [6.45, 7) is 0.958. The summed E-state index contributed by atoms with van der Waals surface area (Å²) in [6.07, 6.45) is 8.85. The number of amides is 1. The number of fused-ring (bicyclic) bond motifs is 2. The van der Waals surface area contributed by atoms with Crippen molar-refractivity contribution in [1.29, 1.82) is 0 Å². The summed E-state index contributed by atoms with van der Waals surface area (Å²) in [6, 6.07) is 12.6. The van der Waals surface area contributed by atoms with E-state index in [-0.39, 0.29) is 11.7 Å². The number of phenolic OH excluding ortho intramolecular Hbond substituents is 1. The maximum absolute atomic E-state index is 13.7. The van der Waals surface area contributed by atoms with E-state index in [1.165, 1.54) is 0 Å². The molecule has 0 spiro atoms. The quantitative estimate of drug-likeness (QED) is 0.568. The van der Waals surface area contributed by atoms with Crippen LogP contribution in [0, 0.1) is 0 Å². The Morgan fingerprint density at radius 2 is 1.90 bits per heavy atom. The Morgan fingerprint density at radius 1 is 1.07 bits per heavy atom. The van der Waals surface area contributed by atoms with Crippen LogP contribution in [0.15, 0.2) is 61.1 Å². The first-order valence-corrected chi connectivity index (χ1v) is 9.84. The second-order valence-electron chi connectivity index (χ2n) is 7.52. The van der Waals surface area contributed by atoms with Crippen molar-refractivity contribution in [3.63, 3.8) is 0 Å². The summed E-state index contributed by atoms with van der Waals surface area (Å²) in [5, 5.41) is 10.7. The van der Waals surface area contributed by atoms with Crippen molar-refractivity contribution in [3.05, 3.63) is 72.3 Å².